The summed E-state index contributed by atoms with van der Waals surface area (Å²) in [5.41, 5.74) is 1.69. The Morgan fingerprint density at radius 2 is 1.89 bits per heavy atom. The van der Waals surface area contributed by atoms with E-state index in [1.807, 2.05) is 30.3 Å². The quantitative estimate of drug-likeness (QED) is 0.697. The van der Waals surface area contributed by atoms with Crippen LogP contribution in [-0.2, 0) is 11.2 Å². The third kappa shape index (κ3) is 4.44. The third-order valence-corrected chi connectivity index (χ3v) is 4.04. The second-order valence-corrected chi connectivity index (χ2v) is 6.09. The molecule has 1 amide bonds. The molecule has 0 aliphatic rings. The number of Topliss-reactive ketones (excluding diaryl/α,β-unsaturated/α-hetero) is 1. The fourth-order valence-electron chi connectivity index (χ4n) is 2.74. The first-order chi connectivity index (χ1) is 13.1. The Kier molecular flexibility index (Phi) is 5.71. The van der Waals surface area contributed by atoms with Gasteiger partial charge in [-0.3, -0.25) is 9.59 Å². The van der Waals surface area contributed by atoms with Crippen LogP contribution in [0.2, 0.25) is 0 Å². The number of amides is 1. The molecule has 1 aromatic carbocycles. The number of ketones is 1. The molecule has 138 valence electrons. The van der Waals surface area contributed by atoms with Gasteiger partial charge in [0.25, 0.3) is 5.91 Å². The number of rotatable bonds is 7. The van der Waals surface area contributed by atoms with Crippen molar-refractivity contribution in [1.29, 1.82) is 0 Å². The van der Waals surface area contributed by atoms with E-state index in [-0.39, 0.29) is 12.1 Å². The highest BCUT2D eigenvalue weighted by Crippen LogP contribution is 2.12. The van der Waals surface area contributed by atoms with Crippen molar-refractivity contribution in [2.75, 3.05) is 6.67 Å². The molecule has 1 atom stereocenters. The Bertz CT molecular complexity index is 926. The first-order valence-electron chi connectivity index (χ1n) is 8.50. The molecule has 0 bridgehead atoms. The summed E-state index contributed by atoms with van der Waals surface area (Å²) in [6.45, 7) is 0.612. The number of halogens is 1. The number of aryl methyl sites for hydroxylation is 1. The summed E-state index contributed by atoms with van der Waals surface area (Å²) in [4.78, 5) is 29.0. The summed E-state index contributed by atoms with van der Waals surface area (Å²) in [6, 6.07) is 15.1. The summed E-state index contributed by atoms with van der Waals surface area (Å²) in [6.07, 6.45) is 1.81. The lowest BCUT2D eigenvalue weighted by atomic mass is 10.0. The number of hydrogen-bond donors (Lipinski definition) is 1. The molecule has 0 radical (unpaired) electrons. The molecule has 1 N–H and O–H groups in total. The number of aromatic nitrogens is 3. The summed E-state index contributed by atoms with van der Waals surface area (Å²) >= 11 is 0. The summed E-state index contributed by atoms with van der Waals surface area (Å²) in [5.74, 6) is -0.705. The van der Waals surface area contributed by atoms with Crippen LogP contribution in [0.25, 0.3) is 5.82 Å². The minimum atomic E-state index is -1.14. The van der Waals surface area contributed by atoms with Crippen LogP contribution >= 0.6 is 0 Å². The molecule has 27 heavy (non-hydrogen) atoms. The van der Waals surface area contributed by atoms with E-state index in [2.05, 4.69) is 15.4 Å². The summed E-state index contributed by atoms with van der Waals surface area (Å²) in [5, 5.41) is 6.93. The SMILES string of the molecule is Cc1cc(C(=O)N[C@@H](Cc2ccccc2)C(=O)CF)n(-c2ccccn2)n1. The molecule has 0 aliphatic heterocycles. The molecule has 0 saturated carbocycles. The van der Waals surface area contributed by atoms with Gasteiger partial charge >= 0.3 is 0 Å². The van der Waals surface area contributed by atoms with Gasteiger partial charge in [-0.2, -0.15) is 5.10 Å². The zero-order valence-corrected chi connectivity index (χ0v) is 14.8. The largest absolute Gasteiger partial charge is 0.340 e. The summed E-state index contributed by atoms with van der Waals surface area (Å²) in [7, 11) is 0. The van der Waals surface area contributed by atoms with Crippen molar-refractivity contribution in [2.24, 2.45) is 0 Å². The maximum absolute atomic E-state index is 13.0. The van der Waals surface area contributed by atoms with Crippen LogP contribution in [0, 0.1) is 6.92 Å². The second kappa shape index (κ2) is 8.35. The van der Waals surface area contributed by atoms with Gasteiger partial charge in [0.1, 0.15) is 12.4 Å². The number of pyridine rings is 1. The van der Waals surface area contributed by atoms with E-state index in [0.29, 0.717) is 11.5 Å². The molecule has 0 saturated heterocycles. The number of nitrogens with zero attached hydrogens (tertiary/aromatic N) is 3. The van der Waals surface area contributed by atoms with Gasteiger partial charge in [0.2, 0.25) is 0 Å². The number of carbonyl (C=O) groups is 2. The van der Waals surface area contributed by atoms with E-state index >= 15 is 0 Å². The topological polar surface area (TPSA) is 76.9 Å². The smallest absolute Gasteiger partial charge is 0.270 e. The molecule has 0 aliphatic carbocycles. The highest BCUT2D eigenvalue weighted by atomic mass is 19.1. The van der Waals surface area contributed by atoms with Crippen molar-refractivity contribution in [3.8, 4) is 5.82 Å². The van der Waals surface area contributed by atoms with Gasteiger partial charge in [-0.25, -0.2) is 14.1 Å². The minimum Gasteiger partial charge on any atom is -0.340 e. The van der Waals surface area contributed by atoms with Gasteiger partial charge in [0.05, 0.1) is 11.7 Å². The second-order valence-electron chi connectivity index (χ2n) is 6.09. The minimum absolute atomic E-state index is 0.214. The van der Waals surface area contributed by atoms with E-state index in [0.717, 1.165) is 5.56 Å². The van der Waals surface area contributed by atoms with Gasteiger partial charge in [0.15, 0.2) is 11.6 Å². The first kappa shape index (κ1) is 18.4. The summed E-state index contributed by atoms with van der Waals surface area (Å²) < 4.78 is 14.4. The zero-order valence-electron chi connectivity index (χ0n) is 14.8. The standard InChI is InChI=1S/C20H19FN4O2/c1-14-11-17(25(24-14)19-9-5-6-10-22-19)20(27)23-16(18(26)13-21)12-15-7-3-2-4-8-15/h2-11,16H,12-13H2,1H3,(H,23,27)/t16-/m0/s1. The first-order valence-corrected chi connectivity index (χ1v) is 8.50. The molecule has 3 rings (SSSR count). The lowest BCUT2D eigenvalue weighted by Gasteiger charge is -2.17. The van der Waals surface area contributed by atoms with Crippen molar-refractivity contribution in [1.82, 2.24) is 20.1 Å². The third-order valence-electron chi connectivity index (χ3n) is 4.04. The van der Waals surface area contributed by atoms with Crippen LogP contribution in [0.3, 0.4) is 0 Å². The number of alkyl halides is 1. The van der Waals surface area contributed by atoms with E-state index in [9.17, 15) is 14.0 Å². The number of nitrogens with one attached hydrogen (secondary N) is 1. The molecule has 2 heterocycles. The number of benzene rings is 1. The molecule has 0 unspecified atom stereocenters. The van der Waals surface area contributed by atoms with Crippen molar-refractivity contribution in [3.05, 3.63) is 77.7 Å². The van der Waals surface area contributed by atoms with E-state index in [4.69, 9.17) is 0 Å². The van der Waals surface area contributed by atoms with Crippen LogP contribution in [-0.4, -0.2) is 39.2 Å². The van der Waals surface area contributed by atoms with Crippen LogP contribution in [0.4, 0.5) is 4.39 Å². The van der Waals surface area contributed by atoms with Gasteiger partial charge < -0.3 is 5.32 Å². The Hall–Kier alpha value is -3.35. The van der Waals surface area contributed by atoms with Gasteiger partial charge in [0, 0.05) is 6.20 Å². The maximum Gasteiger partial charge on any atom is 0.270 e. The fourth-order valence-corrected chi connectivity index (χ4v) is 2.74. The molecule has 6 nitrogen and oxygen atoms in total. The van der Waals surface area contributed by atoms with E-state index in [1.54, 1.807) is 37.4 Å². The van der Waals surface area contributed by atoms with Crippen molar-refractivity contribution in [2.45, 2.75) is 19.4 Å². The predicted octanol–water partition coefficient (Wildman–Crippen LogP) is 2.46. The predicted molar refractivity (Wildman–Crippen MR) is 98.5 cm³/mol. The molecule has 3 aromatic rings. The highest BCUT2D eigenvalue weighted by Gasteiger charge is 2.24. The molecule has 0 fully saturated rings. The van der Waals surface area contributed by atoms with Crippen molar-refractivity contribution in [3.63, 3.8) is 0 Å². The molecule has 2 aromatic heterocycles. The van der Waals surface area contributed by atoms with Crippen molar-refractivity contribution >= 4 is 11.7 Å². The van der Waals surface area contributed by atoms with Gasteiger partial charge in [-0.1, -0.05) is 36.4 Å². The Labute approximate surface area is 156 Å². The van der Waals surface area contributed by atoms with Crippen LogP contribution in [0.5, 0.6) is 0 Å². The van der Waals surface area contributed by atoms with Gasteiger partial charge in [-0.05, 0) is 37.1 Å². The maximum atomic E-state index is 13.0. The van der Waals surface area contributed by atoms with E-state index in [1.165, 1.54) is 4.68 Å². The molecular formula is C20H19FN4O2. The average molecular weight is 366 g/mol. The van der Waals surface area contributed by atoms with Crippen LogP contribution < -0.4 is 5.32 Å². The number of hydrogen-bond acceptors (Lipinski definition) is 4. The monoisotopic (exact) mass is 366 g/mol. The highest BCUT2D eigenvalue weighted by molar-refractivity contribution is 5.97. The van der Waals surface area contributed by atoms with E-state index < -0.39 is 24.4 Å². The Morgan fingerprint density at radius 3 is 2.56 bits per heavy atom. The lowest BCUT2D eigenvalue weighted by molar-refractivity contribution is -0.121. The van der Waals surface area contributed by atoms with Crippen molar-refractivity contribution < 1.29 is 14.0 Å². The molecule has 7 heteroatoms. The molecule has 0 spiro atoms. The number of carbonyl (C=O) groups excluding carboxylic acids is 2. The molecular weight excluding hydrogens is 347 g/mol. The normalized spacial score (nSPS) is 11.8. The Balaban J connectivity index is 1.85. The zero-order chi connectivity index (χ0) is 19.2. The Morgan fingerprint density at radius 1 is 1.15 bits per heavy atom. The lowest BCUT2D eigenvalue weighted by Crippen LogP contribution is -2.43. The fraction of sp³-hybridized carbons (Fsp3) is 0.200. The average Bonchev–Trinajstić information content (AvgIpc) is 3.10. The van der Waals surface area contributed by atoms with Crippen LogP contribution in [0.15, 0.2) is 60.8 Å². The van der Waals surface area contributed by atoms with Gasteiger partial charge in [-0.15, -0.1) is 0 Å². The van der Waals surface area contributed by atoms with Crippen LogP contribution in [0.1, 0.15) is 21.7 Å².